The summed E-state index contributed by atoms with van der Waals surface area (Å²) >= 11 is 0. The van der Waals surface area contributed by atoms with Gasteiger partial charge in [0.2, 0.25) is 0 Å². The molecule has 2 aliphatic heterocycles. The SMILES string of the molecule is Cn1nc(C2CCN(C(=O)OCC3c4ccccc4-c4ccccc43)CC2)cc1C(=O)ON1C(=O)c2ccccc2C1=O. The minimum absolute atomic E-state index is 0.000832. The first-order valence-corrected chi connectivity index (χ1v) is 14.2. The second kappa shape index (κ2) is 10.5. The molecule has 10 nitrogen and oxygen atoms in total. The van der Waals surface area contributed by atoms with E-state index in [2.05, 4.69) is 29.4 Å². The molecular formula is C33H28N4O6. The molecule has 3 aliphatic rings. The number of likely N-dealkylation sites (tertiary alicyclic amines) is 1. The van der Waals surface area contributed by atoms with Crippen molar-refractivity contribution in [2.24, 2.45) is 7.05 Å². The molecule has 0 unspecified atom stereocenters. The standard InChI is InChI=1S/C33H28N4O6/c1-35-29(32(40)43-37-30(38)25-12-6-7-13-26(25)31(37)39)18-28(34-35)20-14-16-36(17-15-20)33(41)42-19-27-23-10-4-2-8-21(23)22-9-3-5-11-24(22)27/h2-13,18,20,27H,14-17,19H2,1H3. The zero-order valence-electron chi connectivity index (χ0n) is 23.4. The third-order valence-electron chi connectivity index (χ3n) is 8.55. The molecule has 0 radical (unpaired) electrons. The van der Waals surface area contributed by atoms with Crippen molar-refractivity contribution in [1.29, 1.82) is 0 Å². The first-order valence-electron chi connectivity index (χ1n) is 14.2. The average molecular weight is 577 g/mol. The van der Waals surface area contributed by atoms with Crippen LogP contribution in [0.3, 0.4) is 0 Å². The van der Waals surface area contributed by atoms with Gasteiger partial charge < -0.3 is 14.5 Å². The predicted molar refractivity (Wildman–Crippen MR) is 154 cm³/mol. The van der Waals surface area contributed by atoms with Gasteiger partial charge in [-0.2, -0.15) is 5.10 Å². The zero-order valence-corrected chi connectivity index (χ0v) is 23.4. The van der Waals surface area contributed by atoms with Crippen molar-refractivity contribution in [3.8, 4) is 11.1 Å². The quantitative estimate of drug-likeness (QED) is 0.310. The Hall–Kier alpha value is -5.25. The molecule has 1 aromatic heterocycles. The third-order valence-corrected chi connectivity index (χ3v) is 8.55. The lowest BCUT2D eigenvalue weighted by Crippen LogP contribution is -2.38. The summed E-state index contributed by atoms with van der Waals surface area (Å²) in [4.78, 5) is 58.1. The number of aromatic nitrogens is 2. The van der Waals surface area contributed by atoms with E-state index in [0.29, 0.717) is 36.7 Å². The van der Waals surface area contributed by atoms with Gasteiger partial charge in [-0.1, -0.05) is 65.7 Å². The summed E-state index contributed by atoms with van der Waals surface area (Å²) in [5, 5.41) is 4.99. The maximum absolute atomic E-state index is 13.0. The van der Waals surface area contributed by atoms with E-state index < -0.39 is 17.8 Å². The summed E-state index contributed by atoms with van der Waals surface area (Å²) in [5.74, 6) is -2.20. The van der Waals surface area contributed by atoms with E-state index in [9.17, 15) is 19.2 Å². The molecule has 3 heterocycles. The molecule has 7 rings (SSSR count). The van der Waals surface area contributed by atoms with Crippen LogP contribution in [0.5, 0.6) is 0 Å². The Morgan fingerprint density at radius 3 is 1.93 bits per heavy atom. The number of ether oxygens (including phenoxy) is 1. The van der Waals surface area contributed by atoms with E-state index in [1.54, 1.807) is 30.1 Å². The summed E-state index contributed by atoms with van der Waals surface area (Å²) in [6, 6.07) is 24.4. The maximum atomic E-state index is 13.0. The average Bonchev–Trinajstić information content (AvgIpc) is 3.66. The number of imide groups is 1. The normalized spacial score (nSPS) is 16.2. The molecule has 4 aromatic rings. The van der Waals surface area contributed by atoms with Crippen LogP contribution < -0.4 is 0 Å². The number of hydroxylamine groups is 2. The van der Waals surface area contributed by atoms with Crippen molar-refractivity contribution < 1.29 is 28.8 Å². The van der Waals surface area contributed by atoms with Crippen LogP contribution in [0, 0.1) is 0 Å². The van der Waals surface area contributed by atoms with Gasteiger partial charge in [0.25, 0.3) is 11.8 Å². The topological polar surface area (TPSA) is 111 Å². The van der Waals surface area contributed by atoms with Crippen molar-refractivity contribution in [1.82, 2.24) is 19.7 Å². The van der Waals surface area contributed by atoms with Gasteiger partial charge in [0.15, 0.2) is 0 Å². The van der Waals surface area contributed by atoms with Gasteiger partial charge in [0.05, 0.1) is 16.8 Å². The molecule has 0 saturated carbocycles. The second-order valence-electron chi connectivity index (χ2n) is 11.0. The highest BCUT2D eigenvalue weighted by Crippen LogP contribution is 2.44. The molecule has 0 spiro atoms. The number of carbonyl (C=O) groups excluding carboxylic acids is 4. The first kappa shape index (κ1) is 26.6. The number of amides is 3. The molecule has 216 valence electrons. The van der Waals surface area contributed by atoms with Gasteiger partial charge in [-0.15, -0.1) is 0 Å². The summed E-state index contributed by atoms with van der Waals surface area (Å²) < 4.78 is 7.21. The molecular weight excluding hydrogens is 548 g/mol. The lowest BCUT2D eigenvalue weighted by atomic mass is 9.93. The Morgan fingerprint density at radius 2 is 1.35 bits per heavy atom. The van der Waals surface area contributed by atoms with Crippen LogP contribution in [0.1, 0.15) is 72.7 Å². The van der Waals surface area contributed by atoms with Gasteiger partial charge in [-0.25, -0.2) is 9.59 Å². The van der Waals surface area contributed by atoms with Gasteiger partial charge in [0, 0.05) is 32.0 Å². The van der Waals surface area contributed by atoms with Crippen LogP contribution >= 0.6 is 0 Å². The Morgan fingerprint density at radius 1 is 0.814 bits per heavy atom. The van der Waals surface area contributed by atoms with E-state index in [4.69, 9.17) is 9.57 Å². The monoisotopic (exact) mass is 576 g/mol. The predicted octanol–water partition coefficient (Wildman–Crippen LogP) is 4.92. The number of rotatable bonds is 5. The molecule has 3 amide bonds. The third kappa shape index (κ3) is 4.55. The first-order chi connectivity index (χ1) is 20.9. The summed E-state index contributed by atoms with van der Waals surface area (Å²) in [6.45, 7) is 1.26. The van der Waals surface area contributed by atoms with E-state index in [0.717, 1.165) is 0 Å². The van der Waals surface area contributed by atoms with Gasteiger partial charge in [0.1, 0.15) is 12.3 Å². The molecule has 0 N–H and O–H groups in total. The van der Waals surface area contributed by atoms with E-state index in [1.165, 1.54) is 39.1 Å². The minimum atomic E-state index is -0.855. The van der Waals surface area contributed by atoms with Crippen molar-refractivity contribution in [3.05, 3.63) is 113 Å². The number of piperidine rings is 1. The summed E-state index contributed by atoms with van der Waals surface area (Å²) in [5.41, 5.74) is 5.88. The van der Waals surface area contributed by atoms with Crippen LogP contribution in [0.25, 0.3) is 11.1 Å². The Kier molecular flexibility index (Phi) is 6.53. The van der Waals surface area contributed by atoms with Crippen LogP contribution in [-0.2, 0) is 16.6 Å². The van der Waals surface area contributed by atoms with Crippen LogP contribution in [-0.4, -0.2) is 63.3 Å². The van der Waals surface area contributed by atoms with E-state index >= 15 is 0 Å². The molecule has 43 heavy (non-hydrogen) atoms. The smallest absolute Gasteiger partial charge is 0.409 e. The van der Waals surface area contributed by atoms with Gasteiger partial charge >= 0.3 is 12.1 Å². The summed E-state index contributed by atoms with van der Waals surface area (Å²) in [6.07, 6.45) is 0.953. The number of fused-ring (bicyclic) bond motifs is 4. The highest BCUT2D eigenvalue weighted by molar-refractivity contribution is 6.21. The number of benzene rings is 3. The lowest BCUT2D eigenvalue weighted by molar-refractivity contribution is -0.0591. The van der Waals surface area contributed by atoms with Crippen LogP contribution in [0.4, 0.5) is 4.79 Å². The largest absolute Gasteiger partial charge is 0.448 e. The number of carbonyl (C=O) groups is 4. The maximum Gasteiger partial charge on any atom is 0.409 e. The van der Waals surface area contributed by atoms with Gasteiger partial charge in [-0.3, -0.25) is 14.3 Å². The van der Waals surface area contributed by atoms with Crippen molar-refractivity contribution in [2.75, 3.05) is 19.7 Å². The van der Waals surface area contributed by atoms with Crippen molar-refractivity contribution in [2.45, 2.75) is 24.7 Å². The second-order valence-corrected chi connectivity index (χ2v) is 11.0. The van der Waals surface area contributed by atoms with Gasteiger partial charge in [-0.05, 0) is 53.3 Å². The minimum Gasteiger partial charge on any atom is -0.448 e. The van der Waals surface area contributed by atoms with Crippen molar-refractivity contribution in [3.63, 3.8) is 0 Å². The number of nitrogens with zero attached hydrogens (tertiary/aromatic N) is 4. The van der Waals surface area contributed by atoms with E-state index in [-0.39, 0.29) is 41.4 Å². The van der Waals surface area contributed by atoms with Crippen molar-refractivity contribution >= 4 is 23.9 Å². The number of hydrogen-bond acceptors (Lipinski definition) is 7. The number of hydrogen-bond donors (Lipinski definition) is 0. The molecule has 3 aromatic carbocycles. The molecule has 10 heteroatoms. The molecule has 1 aliphatic carbocycles. The molecule has 1 saturated heterocycles. The fourth-order valence-electron chi connectivity index (χ4n) is 6.30. The van der Waals surface area contributed by atoms with E-state index in [1.807, 2.05) is 24.3 Å². The molecule has 0 atom stereocenters. The Bertz CT molecular complexity index is 1710. The molecule has 1 fully saturated rings. The van der Waals surface area contributed by atoms with Crippen LogP contribution in [0.2, 0.25) is 0 Å². The highest BCUT2D eigenvalue weighted by atomic mass is 16.7. The zero-order chi connectivity index (χ0) is 29.7. The fraction of sp³-hybridized carbons (Fsp3) is 0.242. The van der Waals surface area contributed by atoms with Crippen LogP contribution in [0.15, 0.2) is 78.9 Å². The summed E-state index contributed by atoms with van der Waals surface area (Å²) in [7, 11) is 1.61. The fourth-order valence-corrected chi connectivity index (χ4v) is 6.30. The number of aryl methyl sites for hydroxylation is 1. The molecule has 0 bridgehead atoms. The Balaban J connectivity index is 0.957. The highest BCUT2D eigenvalue weighted by Gasteiger charge is 2.39. The lowest BCUT2D eigenvalue weighted by Gasteiger charge is -2.31. The Labute approximate surface area is 247 Å².